The van der Waals surface area contributed by atoms with Crippen LogP contribution >= 0.6 is 11.6 Å². The second kappa shape index (κ2) is 4.42. The number of hydrogen-bond donors (Lipinski definition) is 1. The molecule has 1 aromatic carbocycles. The van der Waals surface area contributed by atoms with Gasteiger partial charge in [-0.15, -0.1) is 0 Å². The van der Waals surface area contributed by atoms with Crippen LogP contribution in [0.5, 0.6) is 5.75 Å². The Morgan fingerprint density at radius 2 is 2.20 bits per heavy atom. The molecule has 1 aliphatic heterocycles. The molecule has 1 saturated heterocycles. The van der Waals surface area contributed by atoms with Gasteiger partial charge in [0.15, 0.2) is 0 Å². The number of halogens is 1. The van der Waals surface area contributed by atoms with E-state index in [1.165, 1.54) is 11.1 Å². The molecular formula is C12H16ClNO. The number of aryl methyl sites for hydroxylation is 1. The first-order valence-electron chi connectivity index (χ1n) is 5.24. The van der Waals surface area contributed by atoms with Gasteiger partial charge in [-0.05, 0) is 55.6 Å². The van der Waals surface area contributed by atoms with Gasteiger partial charge in [-0.3, -0.25) is 0 Å². The first kappa shape index (κ1) is 10.8. The molecule has 0 saturated carbocycles. The van der Waals surface area contributed by atoms with E-state index in [-0.39, 0.29) is 0 Å². The monoisotopic (exact) mass is 225 g/mol. The zero-order valence-electron chi connectivity index (χ0n) is 9.14. The van der Waals surface area contributed by atoms with Crippen molar-refractivity contribution in [3.63, 3.8) is 0 Å². The van der Waals surface area contributed by atoms with Crippen LogP contribution in [0, 0.1) is 12.8 Å². The highest BCUT2D eigenvalue weighted by atomic mass is 35.5. The van der Waals surface area contributed by atoms with Gasteiger partial charge < -0.3 is 10.1 Å². The highest BCUT2D eigenvalue weighted by molar-refractivity contribution is 6.32. The van der Waals surface area contributed by atoms with Crippen LogP contribution in [0.4, 0.5) is 0 Å². The zero-order chi connectivity index (χ0) is 10.8. The summed E-state index contributed by atoms with van der Waals surface area (Å²) in [6.45, 7) is 4.37. The molecule has 1 aromatic rings. The second-order valence-corrected chi connectivity index (χ2v) is 4.55. The summed E-state index contributed by atoms with van der Waals surface area (Å²) in [5, 5.41) is 3.99. The highest BCUT2D eigenvalue weighted by Crippen LogP contribution is 2.29. The number of nitrogens with one attached hydrogen (secondary N) is 1. The number of hydrogen-bond acceptors (Lipinski definition) is 2. The molecule has 0 amide bonds. The third-order valence-corrected chi connectivity index (χ3v) is 3.28. The fraction of sp³-hybridized carbons (Fsp3) is 0.500. The third-order valence-electron chi connectivity index (χ3n) is 2.98. The van der Waals surface area contributed by atoms with E-state index in [2.05, 4.69) is 12.2 Å². The van der Waals surface area contributed by atoms with E-state index in [1.807, 2.05) is 12.1 Å². The summed E-state index contributed by atoms with van der Waals surface area (Å²) in [6.07, 6.45) is 1.11. The van der Waals surface area contributed by atoms with Gasteiger partial charge in [0.25, 0.3) is 0 Å². The summed E-state index contributed by atoms with van der Waals surface area (Å²) in [5.41, 5.74) is 2.61. The van der Waals surface area contributed by atoms with Gasteiger partial charge in [0.05, 0.1) is 12.1 Å². The van der Waals surface area contributed by atoms with E-state index >= 15 is 0 Å². The Morgan fingerprint density at radius 1 is 1.47 bits per heavy atom. The number of ether oxygens (including phenoxy) is 1. The Bertz CT molecular complexity index is 361. The summed E-state index contributed by atoms with van der Waals surface area (Å²) in [4.78, 5) is 0. The van der Waals surface area contributed by atoms with Crippen molar-refractivity contribution >= 4 is 11.6 Å². The predicted octanol–water partition coefficient (Wildman–Crippen LogP) is 2.42. The molecule has 1 aliphatic rings. The molecule has 0 aromatic heterocycles. The maximum Gasteiger partial charge on any atom is 0.137 e. The first-order chi connectivity index (χ1) is 7.20. The molecule has 1 N–H and O–H groups in total. The van der Waals surface area contributed by atoms with Gasteiger partial charge in [0, 0.05) is 0 Å². The quantitative estimate of drug-likeness (QED) is 0.853. The highest BCUT2D eigenvalue weighted by Gasteiger charge is 2.18. The molecule has 15 heavy (non-hydrogen) atoms. The minimum absolute atomic E-state index is 0.713. The summed E-state index contributed by atoms with van der Waals surface area (Å²) in [5.74, 6) is 1.54. The van der Waals surface area contributed by atoms with Gasteiger partial charge in [-0.2, -0.15) is 0 Å². The standard InChI is InChI=1S/C12H16ClNO/c1-8-3-12(15-2)11(13)5-10(8)4-9-6-14-7-9/h3,5,9,14H,4,6-7H2,1-2H3. The van der Waals surface area contributed by atoms with Crippen molar-refractivity contribution in [1.82, 2.24) is 5.32 Å². The van der Waals surface area contributed by atoms with Crippen molar-refractivity contribution in [2.24, 2.45) is 5.92 Å². The van der Waals surface area contributed by atoms with Gasteiger partial charge in [-0.25, -0.2) is 0 Å². The predicted molar refractivity (Wildman–Crippen MR) is 62.8 cm³/mol. The number of rotatable bonds is 3. The molecular weight excluding hydrogens is 210 g/mol. The SMILES string of the molecule is COc1cc(C)c(CC2CNC2)cc1Cl. The minimum atomic E-state index is 0.713. The third kappa shape index (κ3) is 2.27. The van der Waals surface area contributed by atoms with E-state index in [9.17, 15) is 0 Å². The van der Waals surface area contributed by atoms with Crippen molar-refractivity contribution in [3.8, 4) is 5.75 Å². The molecule has 1 fully saturated rings. The van der Waals surface area contributed by atoms with Gasteiger partial charge >= 0.3 is 0 Å². The Morgan fingerprint density at radius 3 is 2.73 bits per heavy atom. The molecule has 2 rings (SSSR count). The summed E-state index contributed by atoms with van der Waals surface area (Å²) in [6, 6.07) is 4.05. The van der Waals surface area contributed by atoms with Gasteiger partial charge in [0.2, 0.25) is 0 Å². The largest absolute Gasteiger partial charge is 0.495 e. The smallest absolute Gasteiger partial charge is 0.137 e. The maximum atomic E-state index is 6.11. The second-order valence-electron chi connectivity index (χ2n) is 4.14. The van der Waals surface area contributed by atoms with Crippen molar-refractivity contribution in [2.45, 2.75) is 13.3 Å². The lowest BCUT2D eigenvalue weighted by Crippen LogP contribution is -2.43. The van der Waals surface area contributed by atoms with Gasteiger partial charge in [0.1, 0.15) is 5.75 Å². The van der Waals surface area contributed by atoms with Crippen molar-refractivity contribution in [1.29, 1.82) is 0 Å². The molecule has 0 unspecified atom stereocenters. The normalized spacial score (nSPS) is 16.2. The molecule has 3 heteroatoms. The lowest BCUT2D eigenvalue weighted by atomic mass is 9.92. The van der Waals surface area contributed by atoms with Crippen molar-refractivity contribution < 1.29 is 4.74 Å². The molecule has 0 atom stereocenters. The van der Waals surface area contributed by atoms with Crippen LogP contribution in [-0.4, -0.2) is 20.2 Å². The summed E-state index contributed by atoms with van der Waals surface area (Å²) in [7, 11) is 1.65. The molecule has 0 spiro atoms. The number of benzene rings is 1. The topological polar surface area (TPSA) is 21.3 Å². The van der Waals surface area contributed by atoms with Crippen LogP contribution in [0.25, 0.3) is 0 Å². The lowest BCUT2D eigenvalue weighted by Gasteiger charge is -2.27. The molecule has 1 heterocycles. The van der Waals surface area contributed by atoms with Gasteiger partial charge in [-0.1, -0.05) is 11.6 Å². The molecule has 0 aliphatic carbocycles. The van der Waals surface area contributed by atoms with Crippen LogP contribution < -0.4 is 10.1 Å². The van der Waals surface area contributed by atoms with Crippen molar-refractivity contribution in [2.75, 3.05) is 20.2 Å². The van der Waals surface area contributed by atoms with Crippen LogP contribution in [0.3, 0.4) is 0 Å². The van der Waals surface area contributed by atoms with E-state index in [0.29, 0.717) is 5.02 Å². The fourth-order valence-electron chi connectivity index (χ4n) is 1.88. The maximum absolute atomic E-state index is 6.11. The van der Waals surface area contributed by atoms with E-state index < -0.39 is 0 Å². The molecule has 82 valence electrons. The van der Waals surface area contributed by atoms with E-state index in [4.69, 9.17) is 16.3 Å². The Labute approximate surface area is 95.6 Å². The average Bonchev–Trinajstić information content (AvgIpc) is 2.16. The van der Waals surface area contributed by atoms with Crippen LogP contribution in [0.1, 0.15) is 11.1 Å². The molecule has 0 bridgehead atoms. The van der Waals surface area contributed by atoms with Crippen LogP contribution in [0.15, 0.2) is 12.1 Å². The van der Waals surface area contributed by atoms with E-state index in [1.54, 1.807) is 7.11 Å². The summed E-state index contributed by atoms with van der Waals surface area (Å²) < 4.78 is 5.18. The van der Waals surface area contributed by atoms with Crippen LogP contribution in [0.2, 0.25) is 5.02 Å². The molecule has 2 nitrogen and oxygen atoms in total. The number of methoxy groups -OCH3 is 1. The first-order valence-corrected chi connectivity index (χ1v) is 5.62. The van der Waals surface area contributed by atoms with Crippen LogP contribution in [-0.2, 0) is 6.42 Å². The molecule has 0 radical (unpaired) electrons. The fourth-order valence-corrected chi connectivity index (χ4v) is 2.14. The van der Waals surface area contributed by atoms with Crippen molar-refractivity contribution in [3.05, 3.63) is 28.3 Å². The Kier molecular flexibility index (Phi) is 3.17. The zero-order valence-corrected chi connectivity index (χ0v) is 9.90. The van der Waals surface area contributed by atoms with E-state index in [0.717, 1.165) is 31.2 Å². The lowest BCUT2D eigenvalue weighted by molar-refractivity contribution is 0.346. The summed E-state index contributed by atoms with van der Waals surface area (Å²) >= 11 is 6.11. The minimum Gasteiger partial charge on any atom is -0.495 e. The Balaban J connectivity index is 2.19. The Hall–Kier alpha value is -0.730. The average molecular weight is 226 g/mol.